The van der Waals surface area contributed by atoms with Crippen molar-refractivity contribution in [3.05, 3.63) is 17.0 Å². The van der Waals surface area contributed by atoms with E-state index < -0.39 is 0 Å². The minimum absolute atomic E-state index is 0.933. The molecule has 3 heteroatoms. The van der Waals surface area contributed by atoms with Crippen molar-refractivity contribution in [3.8, 4) is 0 Å². The van der Waals surface area contributed by atoms with Gasteiger partial charge in [0.05, 0.1) is 5.69 Å². The molecule has 0 saturated carbocycles. The standard InChI is InChI=1S/C9H17N3/c1-4-5-10-6-9-7(2)11-12-8(9)3/h10H,4-6H2,1-3H3,(H,11,12). The Bertz CT molecular complexity index is 220. The van der Waals surface area contributed by atoms with Gasteiger partial charge in [0.25, 0.3) is 0 Å². The maximum Gasteiger partial charge on any atom is 0.0638 e. The summed E-state index contributed by atoms with van der Waals surface area (Å²) in [6.45, 7) is 8.27. The molecule has 3 nitrogen and oxygen atoms in total. The molecular weight excluding hydrogens is 150 g/mol. The molecule has 0 amide bonds. The summed E-state index contributed by atoms with van der Waals surface area (Å²) in [6, 6.07) is 0. The van der Waals surface area contributed by atoms with Crippen molar-refractivity contribution in [1.82, 2.24) is 15.5 Å². The Labute approximate surface area is 73.6 Å². The van der Waals surface area contributed by atoms with Crippen LogP contribution in [0, 0.1) is 13.8 Å². The number of nitrogens with zero attached hydrogens (tertiary/aromatic N) is 1. The highest BCUT2D eigenvalue weighted by Gasteiger charge is 2.03. The van der Waals surface area contributed by atoms with Crippen LogP contribution in [-0.2, 0) is 6.54 Å². The van der Waals surface area contributed by atoms with Gasteiger partial charge in [-0.05, 0) is 26.8 Å². The summed E-state index contributed by atoms with van der Waals surface area (Å²) in [5, 5.41) is 10.5. The first-order chi connectivity index (χ1) is 5.75. The molecule has 0 saturated heterocycles. The first-order valence-electron chi connectivity index (χ1n) is 4.46. The predicted molar refractivity (Wildman–Crippen MR) is 50.1 cm³/mol. The number of aromatic nitrogens is 2. The van der Waals surface area contributed by atoms with Crippen molar-refractivity contribution in [3.63, 3.8) is 0 Å². The van der Waals surface area contributed by atoms with E-state index in [0.29, 0.717) is 0 Å². The molecule has 0 unspecified atom stereocenters. The van der Waals surface area contributed by atoms with Gasteiger partial charge in [0.1, 0.15) is 0 Å². The summed E-state index contributed by atoms with van der Waals surface area (Å²) in [5.74, 6) is 0. The average Bonchev–Trinajstić information content (AvgIpc) is 2.35. The van der Waals surface area contributed by atoms with E-state index in [1.165, 1.54) is 17.7 Å². The quantitative estimate of drug-likeness (QED) is 0.668. The molecule has 1 aromatic rings. The zero-order chi connectivity index (χ0) is 8.97. The molecule has 0 radical (unpaired) electrons. The molecule has 0 aliphatic heterocycles. The third-order valence-corrected chi connectivity index (χ3v) is 2.01. The van der Waals surface area contributed by atoms with Crippen LogP contribution in [0.25, 0.3) is 0 Å². The lowest BCUT2D eigenvalue weighted by Gasteiger charge is -2.02. The molecule has 1 aromatic heterocycles. The Hall–Kier alpha value is -0.830. The van der Waals surface area contributed by atoms with E-state index in [4.69, 9.17) is 0 Å². The number of aryl methyl sites for hydroxylation is 2. The van der Waals surface area contributed by atoms with Crippen LogP contribution in [0.1, 0.15) is 30.3 Å². The van der Waals surface area contributed by atoms with E-state index in [1.54, 1.807) is 0 Å². The normalized spacial score (nSPS) is 10.6. The van der Waals surface area contributed by atoms with Crippen LogP contribution in [0.3, 0.4) is 0 Å². The highest BCUT2D eigenvalue weighted by atomic mass is 15.1. The van der Waals surface area contributed by atoms with Crippen molar-refractivity contribution in [2.75, 3.05) is 6.54 Å². The largest absolute Gasteiger partial charge is 0.313 e. The molecule has 1 rings (SSSR count). The summed E-state index contributed by atoms with van der Waals surface area (Å²) in [4.78, 5) is 0. The number of aromatic amines is 1. The maximum absolute atomic E-state index is 4.13. The third-order valence-electron chi connectivity index (χ3n) is 2.01. The first kappa shape index (κ1) is 9.26. The molecule has 0 fully saturated rings. The Morgan fingerprint density at radius 1 is 1.42 bits per heavy atom. The van der Waals surface area contributed by atoms with Gasteiger partial charge < -0.3 is 5.32 Å². The fourth-order valence-electron chi connectivity index (χ4n) is 1.22. The Morgan fingerprint density at radius 2 is 2.17 bits per heavy atom. The van der Waals surface area contributed by atoms with Gasteiger partial charge in [-0.2, -0.15) is 5.10 Å². The fraction of sp³-hybridized carbons (Fsp3) is 0.667. The molecule has 0 aliphatic carbocycles. The van der Waals surface area contributed by atoms with Crippen molar-refractivity contribution in [1.29, 1.82) is 0 Å². The second-order valence-corrected chi connectivity index (χ2v) is 3.09. The van der Waals surface area contributed by atoms with E-state index in [2.05, 4.69) is 29.4 Å². The van der Waals surface area contributed by atoms with Gasteiger partial charge in [0.2, 0.25) is 0 Å². The number of rotatable bonds is 4. The molecule has 0 bridgehead atoms. The molecule has 0 spiro atoms. The number of hydrogen-bond acceptors (Lipinski definition) is 2. The monoisotopic (exact) mass is 167 g/mol. The molecule has 0 aliphatic rings. The third kappa shape index (κ3) is 2.08. The number of H-pyrrole nitrogens is 1. The summed E-state index contributed by atoms with van der Waals surface area (Å²) >= 11 is 0. The number of hydrogen-bond donors (Lipinski definition) is 2. The minimum atomic E-state index is 0.933. The van der Waals surface area contributed by atoms with E-state index in [9.17, 15) is 0 Å². The van der Waals surface area contributed by atoms with Crippen LogP contribution in [0.15, 0.2) is 0 Å². The zero-order valence-corrected chi connectivity index (χ0v) is 8.07. The van der Waals surface area contributed by atoms with Crippen molar-refractivity contribution in [2.45, 2.75) is 33.7 Å². The summed E-state index contributed by atoms with van der Waals surface area (Å²) in [7, 11) is 0. The Morgan fingerprint density at radius 3 is 2.67 bits per heavy atom. The van der Waals surface area contributed by atoms with Crippen LogP contribution in [0.5, 0.6) is 0 Å². The lowest BCUT2D eigenvalue weighted by molar-refractivity contribution is 0.671. The maximum atomic E-state index is 4.13. The van der Waals surface area contributed by atoms with Gasteiger partial charge in [-0.15, -0.1) is 0 Å². The molecule has 68 valence electrons. The smallest absolute Gasteiger partial charge is 0.0638 e. The topological polar surface area (TPSA) is 40.7 Å². The first-order valence-corrected chi connectivity index (χ1v) is 4.46. The van der Waals surface area contributed by atoms with E-state index in [0.717, 1.165) is 18.8 Å². The van der Waals surface area contributed by atoms with Crippen molar-refractivity contribution >= 4 is 0 Å². The SMILES string of the molecule is CCCNCc1c(C)n[nH]c1C. The van der Waals surface area contributed by atoms with E-state index >= 15 is 0 Å². The Balaban J connectivity index is 2.50. The molecule has 0 atom stereocenters. The van der Waals surface area contributed by atoms with Gasteiger partial charge in [-0.3, -0.25) is 5.10 Å². The van der Waals surface area contributed by atoms with Crippen LogP contribution in [-0.4, -0.2) is 16.7 Å². The van der Waals surface area contributed by atoms with Gasteiger partial charge >= 0.3 is 0 Å². The Kier molecular flexibility index (Phi) is 3.29. The van der Waals surface area contributed by atoms with Crippen molar-refractivity contribution in [2.24, 2.45) is 0 Å². The van der Waals surface area contributed by atoms with Crippen LogP contribution < -0.4 is 5.32 Å². The van der Waals surface area contributed by atoms with E-state index in [1.807, 2.05) is 6.92 Å². The molecule has 0 aromatic carbocycles. The second-order valence-electron chi connectivity index (χ2n) is 3.09. The summed E-state index contributed by atoms with van der Waals surface area (Å²) < 4.78 is 0. The van der Waals surface area contributed by atoms with Gasteiger partial charge in [0.15, 0.2) is 0 Å². The summed E-state index contributed by atoms with van der Waals surface area (Å²) in [5.41, 5.74) is 3.59. The lowest BCUT2D eigenvalue weighted by atomic mass is 10.2. The summed E-state index contributed by atoms with van der Waals surface area (Å²) in [6.07, 6.45) is 1.18. The van der Waals surface area contributed by atoms with Crippen molar-refractivity contribution < 1.29 is 0 Å². The predicted octanol–water partition coefficient (Wildman–Crippen LogP) is 1.53. The average molecular weight is 167 g/mol. The molecule has 1 heterocycles. The molecular formula is C9H17N3. The minimum Gasteiger partial charge on any atom is -0.313 e. The second kappa shape index (κ2) is 4.26. The van der Waals surface area contributed by atoms with Gasteiger partial charge in [0, 0.05) is 17.8 Å². The van der Waals surface area contributed by atoms with Crippen LogP contribution >= 0.6 is 0 Å². The fourth-order valence-corrected chi connectivity index (χ4v) is 1.22. The van der Waals surface area contributed by atoms with Crippen LogP contribution in [0.4, 0.5) is 0 Å². The van der Waals surface area contributed by atoms with Crippen LogP contribution in [0.2, 0.25) is 0 Å². The number of nitrogens with one attached hydrogen (secondary N) is 2. The van der Waals surface area contributed by atoms with Gasteiger partial charge in [-0.1, -0.05) is 6.92 Å². The molecule has 12 heavy (non-hydrogen) atoms. The lowest BCUT2D eigenvalue weighted by Crippen LogP contribution is -2.14. The molecule has 2 N–H and O–H groups in total. The van der Waals surface area contributed by atoms with E-state index in [-0.39, 0.29) is 0 Å². The zero-order valence-electron chi connectivity index (χ0n) is 8.07. The van der Waals surface area contributed by atoms with Gasteiger partial charge in [-0.25, -0.2) is 0 Å². The highest BCUT2D eigenvalue weighted by Crippen LogP contribution is 2.07. The highest BCUT2D eigenvalue weighted by molar-refractivity contribution is 5.22.